The summed E-state index contributed by atoms with van der Waals surface area (Å²) in [5, 5.41) is 0. The Morgan fingerprint density at radius 2 is 1.71 bits per heavy atom. The van der Waals surface area contributed by atoms with Crippen molar-refractivity contribution in [1.82, 2.24) is 0 Å². The molecule has 0 bridgehead atoms. The van der Waals surface area contributed by atoms with Crippen LogP contribution >= 0.6 is 10.7 Å². The molecule has 1 heterocycles. The van der Waals surface area contributed by atoms with E-state index in [0.29, 0.717) is 0 Å². The number of hydrogen-bond donors (Lipinski definition) is 0. The van der Waals surface area contributed by atoms with E-state index in [4.69, 9.17) is 10.7 Å². The Morgan fingerprint density at radius 3 is 2.07 bits per heavy atom. The molecule has 0 aliphatic carbocycles. The summed E-state index contributed by atoms with van der Waals surface area (Å²) in [4.78, 5) is 0. The normalized spacial score (nSPS) is 25.9. The highest BCUT2D eigenvalue weighted by Crippen LogP contribution is 2.30. The van der Waals surface area contributed by atoms with Crippen molar-refractivity contribution in [2.24, 2.45) is 0 Å². The Hall–Kier alpha value is 0.120. The van der Waals surface area contributed by atoms with E-state index >= 15 is 0 Å². The average Bonchev–Trinajstić information content (AvgIpc) is 1.93. The van der Waals surface area contributed by atoms with Gasteiger partial charge in [0.1, 0.15) is 5.67 Å². The Labute approximate surface area is 86.8 Å². The van der Waals surface area contributed by atoms with E-state index in [9.17, 15) is 21.2 Å². The van der Waals surface area contributed by atoms with Crippen molar-refractivity contribution in [3.8, 4) is 0 Å². The molecule has 0 N–H and O–H groups in total. The summed E-state index contributed by atoms with van der Waals surface area (Å²) in [7, 11) is -2.19. The molecular formula is C6H10ClFO4S2. The van der Waals surface area contributed by atoms with Gasteiger partial charge >= 0.3 is 0 Å². The maximum atomic E-state index is 13.7. The Kier molecular flexibility index (Phi) is 3.14. The van der Waals surface area contributed by atoms with Gasteiger partial charge in [-0.15, -0.1) is 0 Å². The fourth-order valence-electron chi connectivity index (χ4n) is 1.36. The summed E-state index contributed by atoms with van der Waals surface area (Å²) < 4.78 is 56.9. The second-order valence-electron chi connectivity index (χ2n) is 3.49. The first-order chi connectivity index (χ1) is 6.12. The molecule has 84 valence electrons. The molecule has 0 aromatic rings. The highest BCUT2D eigenvalue weighted by Gasteiger charge is 2.40. The van der Waals surface area contributed by atoms with Crippen LogP contribution in [0, 0.1) is 0 Å². The predicted octanol–water partition coefficient (Wildman–Crippen LogP) is 0.472. The lowest BCUT2D eigenvalue weighted by Crippen LogP contribution is -2.40. The van der Waals surface area contributed by atoms with Crippen LogP contribution in [0.15, 0.2) is 0 Å². The number of sulfone groups is 1. The maximum absolute atomic E-state index is 13.7. The topological polar surface area (TPSA) is 68.3 Å². The van der Waals surface area contributed by atoms with Gasteiger partial charge < -0.3 is 0 Å². The van der Waals surface area contributed by atoms with E-state index in [1.807, 2.05) is 0 Å². The summed E-state index contributed by atoms with van der Waals surface area (Å²) in [5.74, 6) is -1.43. The summed E-state index contributed by atoms with van der Waals surface area (Å²) in [6.45, 7) is 0. The van der Waals surface area contributed by atoms with Crippen molar-refractivity contribution in [2.75, 3.05) is 17.3 Å². The van der Waals surface area contributed by atoms with Gasteiger partial charge in [-0.05, 0) is 12.8 Å². The minimum atomic E-state index is -3.92. The van der Waals surface area contributed by atoms with Crippen LogP contribution in [0.2, 0.25) is 0 Å². The minimum absolute atomic E-state index is 0.290. The first-order valence-corrected chi connectivity index (χ1v) is 8.24. The lowest BCUT2D eigenvalue weighted by atomic mass is 10.0. The van der Waals surface area contributed by atoms with Crippen LogP contribution in [0.1, 0.15) is 12.8 Å². The molecule has 1 fully saturated rings. The lowest BCUT2D eigenvalue weighted by Gasteiger charge is -2.27. The first-order valence-electron chi connectivity index (χ1n) is 3.94. The Bertz CT molecular complexity index is 399. The fourth-order valence-corrected chi connectivity index (χ4v) is 4.41. The molecule has 1 aliphatic rings. The maximum Gasteiger partial charge on any atom is 0.235 e. The van der Waals surface area contributed by atoms with Gasteiger partial charge in [-0.1, -0.05) is 0 Å². The van der Waals surface area contributed by atoms with Crippen LogP contribution in [0.3, 0.4) is 0 Å². The average molecular weight is 265 g/mol. The highest BCUT2D eigenvalue weighted by atomic mass is 35.7. The molecule has 0 amide bonds. The first kappa shape index (κ1) is 12.2. The standard InChI is InChI=1S/C6H10ClFO4S2/c7-14(11,12)5-6(8)1-3-13(9,10)4-2-6/h1-5H2. The molecule has 0 atom stereocenters. The van der Waals surface area contributed by atoms with Gasteiger partial charge in [0.15, 0.2) is 9.84 Å². The summed E-state index contributed by atoms with van der Waals surface area (Å²) >= 11 is 0. The molecule has 4 nitrogen and oxygen atoms in total. The van der Waals surface area contributed by atoms with Gasteiger partial charge in [0.05, 0.1) is 17.3 Å². The number of hydrogen-bond acceptors (Lipinski definition) is 4. The van der Waals surface area contributed by atoms with Crippen molar-refractivity contribution in [2.45, 2.75) is 18.5 Å². The monoisotopic (exact) mass is 264 g/mol. The minimum Gasteiger partial charge on any atom is -0.243 e. The molecule has 0 unspecified atom stereocenters. The molecule has 8 heteroatoms. The molecule has 0 aromatic carbocycles. The largest absolute Gasteiger partial charge is 0.243 e. The van der Waals surface area contributed by atoms with Crippen molar-refractivity contribution < 1.29 is 21.2 Å². The predicted molar refractivity (Wildman–Crippen MR) is 51.4 cm³/mol. The molecule has 0 saturated carbocycles. The van der Waals surface area contributed by atoms with Gasteiger partial charge in [-0.25, -0.2) is 21.2 Å². The van der Waals surface area contributed by atoms with E-state index in [0.717, 1.165) is 0 Å². The van der Waals surface area contributed by atoms with Crippen LogP contribution in [-0.4, -0.2) is 39.8 Å². The Balaban J connectivity index is 2.72. The molecule has 14 heavy (non-hydrogen) atoms. The molecule has 1 rings (SSSR count). The second-order valence-corrected chi connectivity index (χ2v) is 8.57. The SMILES string of the molecule is O=S(=O)(Cl)CC1(F)CCS(=O)(=O)CC1. The molecule has 0 radical (unpaired) electrons. The number of rotatable bonds is 2. The van der Waals surface area contributed by atoms with Crippen LogP contribution in [0.5, 0.6) is 0 Å². The molecule has 1 saturated heterocycles. The van der Waals surface area contributed by atoms with Crippen molar-refractivity contribution >= 4 is 29.6 Å². The summed E-state index contributed by atoms with van der Waals surface area (Å²) in [5.41, 5.74) is -1.98. The number of alkyl halides is 1. The third-order valence-electron chi connectivity index (χ3n) is 2.15. The lowest BCUT2D eigenvalue weighted by molar-refractivity contribution is 0.176. The zero-order chi connectivity index (χ0) is 11.0. The summed E-state index contributed by atoms with van der Waals surface area (Å²) in [6, 6.07) is 0. The summed E-state index contributed by atoms with van der Waals surface area (Å²) in [6.07, 6.45) is -0.581. The van der Waals surface area contributed by atoms with Gasteiger partial charge in [-0.3, -0.25) is 0 Å². The van der Waals surface area contributed by atoms with Gasteiger partial charge in [-0.2, -0.15) is 0 Å². The van der Waals surface area contributed by atoms with Crippen molar-refractivity contribution in [3.63, 3.8) is 0 Å². The molecule has 0 spiro atoms. The number of halogens is 2. The zero-order valence-electron chi connectivity index (χ0n) is 7.24. The third-order valence-corrected chi connectivity index (χ3v) is 5.00. The van der Waals surface area contributed by atoms with Crippen molar-refractivity contribution in [3.05, 3.63) is 0 Å². The highest BCUT2D eigenvalue weighted by molar-refractivity contribution is 8.13. The van der Waals surface area contributed by atoms with Crippen LogP contribution in [0.4, 0.5) is 4.39 Å². The van der Waals surface area contributed by atoms with Gasteiger partial charge in [0.2, 0.25) is 9.05 Å². The van der Waals surface area contributed by atoms with E-state index in [-0.39, 0.29) is 24.3 Å². The van der Waals surface area contributed by atoms with Gasteiger partial charge in [0, 0.05) is 10.7 Å². The van der Waals surface area contributed by atoms with Gasteiger partial charge in [0.25, 0.3) is 0 Å². The Morgan fingerprint density at radius 1 is 1.29 bits per heavy atom. The van der Waals surface area contributed by atoms with Crippen LogP contribution in [0.25, 0.3) is 0 Å². The molecule has 1 aliphatic heterocycles. The zero-order valence-corrected chi connectivity index (χ0v) is 9.63. The van der Waals surface area contributed by atoms with Crippen LogP contribution in [-0.2, 0) is 18.9 Å². The third kappa shape index (κ3) is 3.70. The second kappa shape index (κ2) is 3.61. The fraction of sp³-hybridized carbons (Fsp3) is 1.00. The van der Waals surface area contributed by atoms with E-state index in [2.05, 4.69) is 0 Å². The molecule has 0 aromatic heterocycles. The smallest absolute Gasteiger partial charge is 0.235 e. The van der Waals surface area contributed by atoms with E-state index in [1.165, 1.54) is 0 Å². The van der Waals surface area contributed by atoms with E-state index < -0.39 is 30.3 Å². The van der Waals surface area contributed by atoms with E-state index in [1.54, 1.807) is 0 Å². The van der Waals surface area contributed by atoms with Crippen LogP contribution < -0.4 is 0 Å². The molecular weight excluding hydrogens is 255 g/mol. The van der Waals surface area contributed by atoms with Crippen molar-refractivity contribution in [1.29, 1.82) is 0 Å². The quantitative estimate of drug-likeness (QED) is 0.680.